The van der Waals surface area contributed by atoms with Crippen LogP contribution in [-0.4, -0.2) is 44.7 Å². The average molecular weight is 432 g/mol. The van der Waals surface area contributed by atoms with E-state index < -0.39 is 23.7 Å². The van der Waals surface area contributed by atoms with Gasteiger partial charge in [0.2, 0.25) is 0 Å². The molecule has 0 spiro atoms. The van der Waals surface area contributed by atoms with Crippen molar-refractivity contribution in [2.75, 3.05) is 13.6 Å². The van der Waals surface area contributed by atoms with E-state index in [1.54, 1.807) is 18.0 Å². The summed E-state index contributed by atoms with van der Waals surface area (Å²) in [7, 11) is 1.69. The maximum Gasteiger partial charge on any atom is 0.416 e. The molecule has 0 fully saturated rings. The number of aromatic nitrogens is 3. The summed E-state index contributed by atoms with van der Waals surface area (Å²) >= 11 is 0. The van der Waals surface area contributed by atoms with E-state index >= 15 is 0 Å². The van der Waals surface area contributed by atoms with Gasteiger partial charge >= 0.3 is 6.18 Å². The first-order valence-electron chi connectivity index (χ1n) is 9.27. The molecule has 1 aromatic carbocycles. The number of carbonyl (C=O) groups excluding carboxylic acids is 1. The molecule has 160 valence electrons. The molecule has 3 heterocycles. The summed E-state index contributed by atoms with van der Waals surface area (Å²) < 4.78 is 52.8. The van der Waals surface area contributed by atoms with E-state index in [0.29, 0.717) is 41.9 Å². The van der Waals surface area contributed by atoms with Gasteiger partial charge in [-0.05, 0) is 47.9 Å². The van der Waals surface area contributed by atoms with Gasteiger partial charge in [0, 0.05) is 30.9 Å². The molecule has 0 bridgehead atoms. The predicted molar refractivity (Wildman–Crippen MR) is 101 cm³/mol. The molecule has 6 nitrogen and oxygen atoms in total. The molecule has 31 heavy (non-hydrogen) atoms. The fourth-order valence-electron chi connectivity index (χ4n) is 3.53. The lowest BCUT2D eigenvalue weighted by Gasteiger charge is -2.25. The van der Waals surface area contributed by atoms with Crippen LogP contribution in [0, 0.1) is 5.82 Å². The lowest BCUT2D eigenvalue weighted by molar-refractivity contribution is -0.137. The maximum atomic E-state index is 13.8. The summed E-state index contributed by atoms with van der Waals surface area (Å²) in [5.41, 5.74) is 0.441. The van der Waals surface area contributed by atoms with Crippen LogP contribution in [0.15, 0.2) is 42.7 Å². The van der Waals surface area contributed by atoms with Crippen molar-refractivity contribution in [1.29, 1.82) is 0 Å². The van der Waals surface area contributed by atoms with Gasteiger partial charge in [0.15, 0.2) is 0 Å². The highest BCUT2D eigenvalue weighted by atomic mass is 19.4. The number of hydrogen-bond donors (Lipinski definition) is 1. The summed E-state index contributed by atoms with van der Waals surface area (Å²) in [5, 5.41) is 18.4. The van der Waals surface area contributed by atoms with Crippen LogP contribution in [0.25, 0.3) is 11.4 Å². The van der Waals surface area contributed by atoms with Crippen LogP contribution in [0.5, 0.6) is 0 Å². The Labute approximate surface area is 174 Å². The van der Waals surface area contributed by atoms with E-state index in [-0.39, 0.29) is 22.7 Å². The van der Waals surface area contributed by atoms with E-state index in [1.165, 1.54) is 18.5 Å². The largest absolute Gasteiger partial charge is 0.416 e. The highest BCUT2D eigenvalue weighted by Crippen LogP contribution is 2.34. The van der Waals surface area contributed by atoms with Crippen molar-refractivity contribution < 1.29 is 27.5 Å². The number of aliphatic hydroxyl groups is 1. The maximum absolute atomic E-state index is 13.8. The van der Waals surface area contributed by atoms with Crippen LogP contribution in [0.3, 0.4) is 0 Å². The molecule has 1 atom stereocenters. The quantitative estimate of drug-likeness (QED) is 0.642. The molecule has 1 amide bonds. The first-order chi connectivity index (χ1) is 14.6. The van der Waals surface area contributed by atoms with Crippen molar-refractivity contribution in [2.45, 2.75) is 18.7 Å². The van der Waals surface area contributed by atoms with Crippen LogP contribution in [-0.2, 0) is 12.6 Å². The standard InChI is InChI=1S/C21H16F4N4O2/c1-29-5-3-15-16(20(29)31)2-4-26-18(15)17-8-12(10-27-28-17)19(30)11-6-13(21(23,24)25)9-14(22)7-11/h2,4,6-10,19,30H,3,5H2,1H3. The Bertz CT molecular complexity index is 1170. The smallest absolute Gasteiger partial charge is 0.384 e. The number of aliphatic hydroxyl groups excluding tert-OH is 1. The zero-order chi connectivity index (χ0) is 22.3. The van der Waals surface area contributed by atoms with E-state index in [9.17, 15) is 27.5 Å². The number of likely N-dealkylation sites (N-methyl/N-ethyl adjacent to an activating group) is 1. The van der Waals surface area contributed by atoms with Crippen LogP contribution in [0.4, 0.5) is 17.6 Å². The van der Waals surface area contributed by atoms with Gasteiger partial charge in [0.25, 0.3) is 5.91 Å². The van der Waals surface area contributed by atoms with Crippen molar-refractivity contribution in [1.82, 2.24) is 20.1 Å². The minimum absolute atomic E-state index is 0.113. The van der Waals surface area contributed by atoms with Gasteiger partial charge in [-0.1, -0.05) is 0 Å². The van der Waals surface area contributed by atoms with Gasteiger partial charge < -0.3 is 10.0 Å². The van der Waals surface area contributed by atoms with Gasteiger partial charge in [-0.25, -0.2) is 4.39 Å². The van der Waals surface area contributed by atoms with Crippen molar-refractivity contribution in [2.24, 2.45) is 0 Å². The van der Waals surface area contributed by atoms with Crippen molar-refractivity contribution >= 4 is 5.91 Å². The Kier molecular flexibility index (Phi) is 5.18. The Morgan fingerprint density at radius 2 is 1.94 bits per heavy atom. The highest BCUT2D eigenvalue weighted by Gasteiger charge is 2.32. The minimum Gasteiger partial charge on any atom is -0.384 e. The summed E-state index contributed by atoms with van der Waals surface area (Å²) in [6, 6.07) is 4.90. The first-order valence-corrected chi connectivity index (χ1v) is 9.27. The third-order valence-electron chi connectivity index (χ3n) is 5.13. The molecular weight excluding hydrogens is 416 g/mol. The van der Waals surface area contributed by atoms with E-state index in [1.807, 2.05) is 0 Å². The van der Waals surface area contributed by atoms with E-state index in [4.69, 9.17) is 0 Å². The summed E-state index contributed by atoms with van der Waals surface area (Å²) in [5.74, 6) is -1.28. The highest BCUT2D eigenvalue weighted by molar-refractivity contribution is 5.98. The normalized spacial score (nSPS) is 15.0. The minimum atomic E-state index is -4.76. The van der Waals surface area contributed by atoms with Crippen LogP contribution in [0.1, 0.15) is 38.7 Å². The van der Waals surface area contributed by atoms with Crippen LogP contribution in [0.2, 0.25) is 0 Å². The molecule has 2 aromatic heterocycles. The fourth-order valence-corrected chi connectivity index (χ4v) is 3.53. The molecule has 1 N–H and O–H groups in total. The summed E-state index contributed by atoms with van der Waals surface area (Å²) in [6.07, 6.45) is -3.16. The molecule has 3 aromatic rings. The molecule has 1 unspecified atom stereocenters. The van der Waals surface area contributed by atoms with Gasteiger partial charge in [-0.15, -0.1) is 5.10 Å². The number of halogens is 4. The number of hydrogen-bond acceptors (Lipinski definition) is 5. The Hall–Kier alpha value is -3.40. The van der Waals surface area contributed by atoms with Crippen LogP contribution >= 0.6 is 0 Å². The second-order valence-electron chi connectivity index (χ2n) is 7.21. The fraction of sp³-hybridized carbons (Fsp3) is 0.238. The second-order valence-corrected chi connectivity index (χ2v) is 7.21. The molecule has 0 saturated carbocycles. The van der Waals surface area contributed by atoms with Crippen molar-refractivity contribution in [3.63, 3.8) is 0 Å². The number of benzene rings is 1. The Morgan fingerprint density at radius 1 is 1.16 bits per heavy atom. The lowest BCUT2D eigenvalue weighted by Crippen LogP contribution is -2.34. The zero-order valence-corrected chi connectivity index (χ0v) is 16.2. The van der Waals surface area contributed by atoms with E-state index in [0.717, 1.165) is 6.07 Å². The van der Waals surface area contributed by atoms with Gasteiger partial charge in [-0.2, -0.15) is 18.3 Å². The summed E-state index contributed by atoms with van der Waals surface area (Å²) in [6.45, 7) is 0.490. The number of fused-ring (bicyclic) bond motifs is 1. The number of carbonyl (C=O) groups is 1. The molecular formula is C21H16F4N4O2. The molecule has 1 aliphatic rings. The van der Waals surface area contributed by atoms with Gasteiger partial charge in [-0.3, -0.25) is 9.78 Å². The van der Waals surface area contributed by atoms with Gasteiger partial charge in [0.05, 0.1) is 17.5 Å². The Balaban J connectivity index is 1.74. The number of alkyl halides is 3. The average Bonchev–Trinajstić information content (AvgIpc) is 2.74. The summed E-state index contributed by atoms with van der Waals surface area (Å²) in [4.78, 5) is 18.3. The second kappa shape index (κ2) is 7.69. The van der Waals surface area contributed by atoms with Crippen LogP contribution < -0.4 is 0 Å². The number of nitrogens with zero attached hydrogens (tertiary/aromatic N) is 4. The van der Waals surface area contributed by atoms with Crippen molar-refractivity contribution in [3.8, 4) is 11.4 Å². The molecule has 1 aliphatic heterocycles. The zero-order valence-electron chi connectivity index (χ0n) is 16.2. The third kappa shape index (κ3) is 3.98. The van der Waals surface area contributed by atoms with Crippen molar-refractivity contribution in [3.05, 3.63) is 76.4 Å². The van der Waals surface area contributed by atoms with E-state index in [2.05, 4.69) is 15.2 Å². The molecule has 0 aliphatic carbocycles. The Morgan fingerprint density at radius 3 is 2.68 bits per heavy atom. The lowest BCUT2D eigenvalue weighted by atomic mass is 9.95. The number of amides is 1. The number of rotatable bonds is 3. The third-order valence-corrected chi connectivity index (χ3v) is 5.13. The topological polar surface area (TPSA) is 79.2 Å². The first kappa shape index (κ1) is 20.9. The van der Waals surface area contributed by atoms with Gasteiger partial charge in [0.1, 0.15) is 17.6 Å². The molecule has 0 saturated heterocycles. The SMILES string of the molecule is CN1CCc2c(ccnc2-c2cc(C(O)c3cc(F)cc(C(F)(F)F)c3)cnn2)C1=O. The molecule has 0 radical (unpaired) electrons. The number of pyridine rings is 1. The predicted octanol–water partition coefficient (Wildman–Crippen LogP) is 3.41. The molecule has 4 rings (SSSR count). The molecule has 10 heteroatoms. The monoisotopic (exact) mass is 432 g/mol.